The van der Waals surface area contributed by atoms with Gasteiger partial charge in [-0.15, -0.1) is 0 Å². The minimum atomic E-state index is 0.426. The molecule has 1 aliphatic rings. The minimum absolute atomic E-state index is 0.426. The second-order valence-electron chi connectivity index (χ2n) is 5.03. The molecule has 1 heteroatoms. The van der Waals surface area contributed by atoms with Crippen LogP contribution in [-0.4, -0.2) is 5.11 Å². The van der Waals surface area contributed by atoms with Crippen LogP contribution in [0.2, 0.25) is 0 Å². The number of benzene rings is 2. The van der Waals surface area contributed by atoms with Gasteiger partial charge in [0.05, 0.1) is 0 Å². The van der Waals surface area contributed by atoms with Gasteiger partial charge >= 0.3 is 0 Å². The molecular weight excluding hydrogens is 220 g/mol. The van der Waals surface area contributed by atoms with Crippen LogP contribution >= 0.6 is 0 Å². The van der Waals surface area contributed by atoms with Gasteiger partial charge in [0, 0.05) is 5.56 Å². The van der Waals surface area contributed by atoms with Gasteiger partial charge < -0.3 is 5.11 Å². The number of unbranched alkanes of at least 4 members (excludes halogenated alkanes) is 1. The first-order valence-corrected chi connectivity index (χ1v) is 6.73. The molecule has 0 spiro atoms. The Hall–Kier alpha value is -1.76. The van der Waals surface area contributed by atoms with Crippen molar-refractivity contribution in [1.82, 2.24) is 0 Å². The maximum Gasteiger partial charge on any atom is 0.123 e. The Labute approximate surface area is 108 Å². The lowest BCUT2D eigenvalue weighted by Gasteiger charge is -2.09. The van der Waals surface area contributed by atoms with Crippen molar-refractivity contribution in [2.45, 2.75) is 32.6 Å². The van der Waals surface area contributed by atoms with Gasteiger partial charge in [-0.1, -0.05) is 43.7 Å². The number of fused-ring (bicyclic) bond motifs is 3. The van der Waals surface area contributed by atoms with Gasteiger partial charge in [-0.3, -0.25) is 0 Å². The van der Waals surface area contributed by atoms with Gasteiger partial charge in [-0.05, 0) is 47.6 Å². The summed E-state index contributed by atoms with van der Waals surface area (Å²) in [6, 6.07) is 12.4. The largest absolute Gasteiger partial charge is 0.507 e. The van der Waals surface area contributed by atoms with E-state index in [0.29, 0.717) is 5.75 Å². The third-order valence-electron chi connectivity index (χ3n) is 3.84. The van der Waals surface area contributed by atoms with E-state index in [2.05, 4.69) is 31.2 Å². The summed E-state index contributed by atoms with van der Waals surface area (Å²) >= 11 is 0. The van der Waals surface area contributed by atoms with Crippen LogP contribution in [0.15, 0.2) is 36.4 Å². The quantitative estimate of drug-likeness (QED) is 0.721. The number of hydrogen-bond donors (Lipinski definition) is 1. The molecule has 0 aromatic heterocycles. The smallest absolute Gasteiger partial charge is 0.123 e. The fourth-order valence-electron chi connectivity index (χ4n) is 2.89. The van der Waals surface area contributed by atoms with Crippen LogP contribution in [0.25, 0.3) is 11.1 Å². The average molecular weight is 238 g/mol. The van der Waals surface area contributed by atoms with Gasteiger partial charge in [0.2, 0.25) is 0 Å². The van der Waals surface area contributed by atoms with Crippen molar-refractivity contribution >= 4 is 0 Å². The zero-order chi connectivity index (χ0) is 12.5. The molecule has 0 saturated heterocycles. The molecule has 1 aliphatic carbocycles. The van der Waals surface area contributed by atoms with Gasteiger partial charge in [-0.2, -0.15) is 0 Å². The predicted molar refractivity (Wildman–Crippen MR) is 75.0 cm³/mol. The minimum Gasteiger partial charge on any atom is -0.507 e. The maximum atomic E-state index is 10.1. The molecule has 92 valence electrons. The Balaban J connectivity index is 2.11. The third-order valence-corrected chi connectivity index (χ3v) is 3.84. The SMILES string of the molecule is CCCCc1ccc(O)c2c1Cc1ccccc1-2. The van der Waals surface area contributed by atoms with Crippen molar-refractivity contribution in [3.8, 4) is 16.9 Å². The first-order valence-electron chi connectivity index (χ1n) is 6.73. The van der Waals surface area contributed by atoms with Crippen LogP contribution in [0, 0.1) is 0 Å². The first-order chi connectivity index (χ1) is 8.81. The Morgan fingerprint density at radius 2 is 1.94 bits per heavy atom. The molecule has 1 N–H and O–H groups in total. The molecule has 3 rings (SSSR count). The van der Waals surface area contributed by atoms with Crippen molar-refractivity contribution in [2.24, 2.45) is 0 Å². The molecule has 2 aromatic rings. The fraction of sp³-hybridized carbons (Fsp3) is 0.294. The second kappa shape index (κ2) is 4.49. The molecule has 2 aromatic carbocycles. The van der Waals surface area contributed by atoms with Gasteiger partial charge in [0.25, 0.3) is 0 Å². The summed E-state index contributed by atoms with van der Waals surface area (Å²) in [7, 11) is 0. The number of phenolic OH excluding ortho intramolecular Hbond substituents is 1. The number of aryl methyl sites for hydroxylation is 1. The van der Waals surface area contributed by atoms with E-state index in [-0.39, 0.29) is 0 Å². The topological polar surface area (TPSA) is 20.2 Å². The molecular formula is C17H18O. The lowest BCUT2D eigenvalue weighted by atomic mass is 9.97. The summed E-state index contributed by atoms with van der Waals surface area (Å²) in [5.74, 6) is 0.426. The number of aromatic hydroxyl groups is 1. The number of rotatable bonds is 3. The van der Waals surface area contributed by atoms with E-state index in [0.717, 1.165) is 18.4 Å². The zero-order valence-corrected chi connectivity index (χ0v) is 10.7. The molecule has 0 fully saturated rings. The molecule has 0 amide bonds. The fourth-order valence-corrected chi connectivity index (χ4v) is 2.89. The highest BCUT2D eigenvalue weighted by Crippen LogP contribution is 2.43. The molecule has 0 unspecified atom stereocenters. The first kappa shape index (κ1) is 11.3. The van der Waals surface area contributed by atoms with E-state index >= 15 is 0 Å². The number of phenols is 1. The Morgan fingerprint density at radius 1 is 1.11 bits per heavy atom. The Morgan fingerprint density at radius 3 is 2.78 bits per heavy atom. The van der Waals surface area contributed by atoms with Gasteiger partial charge in [0.1, 0.15) is 5.75 Å². The highest BCUT2D eigenvalue weighted by atomic mass is 16.3. The monoisotopic (exact) mass is 238 g/mol. The standard InChI is InChI=1S/C17H18O/c1-2-3-6-12-9-10-16(18)17-14-8-5-4-7-13(14)11-15(12)17/h4-5,7-10,18H,2-3,6,11H2,1H3. The summed E-state index contributed by atoms with van der Waals surface area (Å²) in [6.45, 7) is 2.22. The lowest BCUT2D eigenvalue weighted by Crippen LogP contribution is -1.93. The van der Waals surface area contributed by atoms with Crippen molar-refractivity contribution in [3.05, 3.63) is 53.1 Å². The van der Waals surface area contributed by atoms with Crippen molar-refractivity contribution < 1.29 is 5.11 Å². The Bertz CT molecular complexity index is 584. The van der Waals surface area contributed by atoms with Crippen LogP contribution in [0.1, 0.15) is 36.5 Å². The van der Waals surface area contributed by atoms with Crippen LogP contribution in [-0.2, 0) is 12.8 Å². The number of hydrogen-bond acceptors (Lipinski definition) is 1. The van der Waals surface area contributed by atoms with Gasteiger partial charge in [-0.25, -0.2) is 0 Å². The molecule has 0 saturated carbocycles. The third kappa shape index (κ3) is 1.71. The summed E-state index contributed by atoms with van der Waals surface area (Å²) in [6.07, 6.45) is 4.52. The van der Waals surface area contributed by atoms with Crippen LogP contribution in [0.3, 0.4) is 0 Å². The Kier molecular flexibility index (Phi) is 2.83. The van der Waals surface area contributed by atoms with E-state index in [9.17, 15) is 5.11 Å². The lowest BCUT2D eigenvalue weighted by molar-refractivity contribution is 0.477. The highest BCUT2D eigenvalue weighted by molar-refractivity contribution is 5.82. The molecule has 1 nitrogen and oxygen atoms in total. The van der Waals surface area contributed by atoms with Gasteiger partial charge in [0.15, 0.2) is 0 Å². The molecule has 0 radical (unpaired) electrons. The highest BCUT2D eigenvalue weighted by Gasteiger charge is 2.23. The predicted octanol–water partition coefficient (Wildman–Crippen LogP) is 4.31. The van der Waals surface area contributed by atoms with E-state index in [1.807, 2.05) is 12.1 Å². The molecule has 18 heavy (non-hydrogen) atoms. The molecule has 0 heterocycles. The summed E-state index contributed by atoms with van der Waals surface area (Å²) in [4.78, 5) is 0. The summed E-state index contributed by atoms with van der Waals surface area (Å²) in [5, 5.41) is 10.1. The van der Waals surface area contributed by atoms with E-state index < -0.39 is 0 Å². The second-order valence-corrected chi connectivity index (χ2v) is 5.03. The molecule has 0 atom stereocenters. The van der Waals surface area contributed by atoms with Crippen LogP contribution in [0.5, 0.6) is 5.75 Å². The average Bonchev–Trinajstić information content (AvgIpc) is 2.78. The molecule has 0 aliphatic heterocycles. The van der Waals surface area contributed by atoms with E-state index in [1.165, 1.54) is 35.1 Å². The summed E-state index contributed by atoms with van der Waals surface area (Å²) in [5.41, 5.74) is 6.36. The summed E-state index contributed by atoms with van der Waals surface area (Å²) < 4.78 is 0. The van der Waals surface area contributed by atoms with E-state index in [1.54, 1.807) is 0 Å². The normalized spacial score (nSPS) is 12.3. The maximum absolute atomic E-state index is 10.1. The zero-order valence-electron chi connectivity index (χ0n) is 10.7. The van der Waals surface area contributed by atoms with Crippen molar-refractivity contribution in [3.63, 3.8) is 0 Å². The molecule has 0 bridgehead atoms. The van der Waals surface area contributed by atoms with Crippen LogP contribution in [0.4, 0.5) is 0 Å². The van der Waals surface area contributed by atoms with E-state index in [4.69, 9.17) is 0 Å². The van der Waals surface area contributed by atoms with Crippen molar-refractivity contribution in [1.29, 1.82) is 0 Å². The van der Waals surface area contributed by atoms with Crippen molar-refractivity contribution in [2.75, 3.05) is 0 Å². The van der Waals surface area contributed by atoms with Crippen LogP contribution < -0.4 is 0 Å².